The Balaban J connectivity index is 1.48. The monoisotopic (exact) mass is 555 g/mol. The number of ether oxygens (including phenoxy) is 1. The van der Waals surface area contributed by atoms with Crippen molar-refractivity contribution in [3.05, 3.63) is 11.6 Å². The van der Waals surface area contributed by atoms with Gasteiger partial charge in [0.15, 0.2) is 6.54 Å². The van der Waals surface area contributed by atoms with Gasteiger partial charge in [-0.2, -0.15) is 0 Å². The first-order valence-corrected chi connectivity index (χ1v) is 16.3. The third kappa shape index (κ3) is 4.09. The summed E-state index contributed by atoms with van der Waals surface area (Å²) in [5, 5.41) is 12.8. The van der Waals surface area contributed by atoms with Crippen LogP contribution in [0.5, 0.6) is 0 Å². The average Bonchev–Trinajstić information content (AvgIpc) is 2.82. The first-order chi connectivity index (χ1) is 18.3. The van der Waals surface area contributed by atoms with Crippen LogP contribution in [0.3, 0.4) is 0 Å². The molecule has 0 N–H and O–H groups in total. The van der Waals surface area contributed by atoms with Crippen LogP contribution in [0.4, 0.5) is 0 Å². The largest absolute Gasteiger partial charge is 0.550 e. The molecule has 0 spiro atoms. The Bertz CT molecular complexity index is 1090. The molecule has 5 rings (SSSR count). The summed E-state index contributed by atoms with van der Waals surface area (Å²) in [6.07, 6.45) is 11.3. The SMILES string of the molecule is C[C@@H]1CC[C@]2(C(=O)[O-])CC[C@]3(C)C(=CC[C@@H]4[C@@]5(C)CC[C@H](OC(=O)C[N+](C)(C)C)C(C)(C)[C@@H]5CC[C@]43C)C2[C@H]1C. The van der Waals surface area contributed by atoms with Crippen molar-refractivity contribution in [3.63, 3.8) is 0 Å². The number of likely N-dealkylation sites (N-methyl/N-ethyl adjacent to an activating group) is 1. The fourth-order valence-corrected chi connectivity index (χ4v) is 11.6. The molecule has 5 heteroatoms. The van der Waals surface area contributed by atoms with Crippen LogP contribution in [0.2, 0.25) is 0 Å². The van der Waals surface area contributed by atoms with Gasteiger partial charge in [-0.1, -0.05) is 60.1 Å². The molecule has 226 valence electrons. The number of quaternary nitrogens is 1. The summed E-state index contributed by atoms with van der Waals surface area (Å²) in [5.74, 6) is 1.14. The van der Waals surface area contributed by atoms with Crippen molar-refractivity contribution in [1.82, 2.24) is 0 Å². The third-order valence-corrected chi connectivity index (χ3v) is 14.2. The minimum absolute atomic E-state index is 0.0108. The second-order valence-electron chi connectivity index (χ2n) is 17.4. The van der Waals surface area contributed by atoms with Gasteiger partial charge in [0.2, 0.25) is 0 Å². The van der Waals surface area contributed by atoms with Crippen LogP contribution >= 0.6 is 0 Å². The Kier molecular flexibility index (Phi) is 7.01. The highest BCUT2D eigenvalue weighted by Gasteiger charge is 2.69. The second kappa shape index (κ2) is 9.32. The number of hydrogen-bond acceptors (Lipinski definition) is 4. The summed E-state index contributed by atoms with van der Waals surface area (Å²) in [7, 11) is 6.11. The second-order valence-corrected chi connectivity index (χ2v) is 17.4. The number of fused-ring (bicyclic) bond motifs is 7. The molecule has 0 heterocycles. The summed E-state index contributed by atoms with van der Waals surface area (Å²) in [4.78, 5) is 25.7. The molecule has 0 aromatic rings. The van der Waals surface area contributed by atoms with Crippen LogP contribution in [0.15, 0.2) is 11.6 Å². The summed E-state index contributed by atoms with van der Waals surface area (Å²) in [5.41, 5.74) is 0.992. The molecule has 5 aliphatic rings. The Labute approximate surface area is 244 Å². The van der Waals surface area contributed by atoms with E-state index in [0.29, 0.717) is 34.7 Å². The van der Waals surface area contributed by atoms with Crippen molar-refractivity contribution in [2.24, 2.45) is 56.7 Å². The van der Waals surface area contributed by atoms with Gasteiger partial charge in [0.25, 0.3) is 0 Å². The van der Waals surface area contributed by atoms with E-state index >= 15 is 0 Å². The fraction of sp³-hybridized carbons (Fsp3) is 0.886. The van der Waals surface area contributed by atoms with Gasteiger partial charge in [-0.25, -0.2) is 4.79 Å². The maximum atomic E-state index is 12.9. The number of hydrogen-bond donors (Lipinski definition) is 0. The number of nitrogens with zero attached hydrogens (tertiary/aromatic N) is 1. The van der Waals surface area contributed by atoms with Crippen molar-refractivity contribution in [3.8, 4) is 0 Å². The summed E-state index contributed by atoms with van der Waals surface area (Å²) in [6, 6.07) is 0. The Morgan fingerprint density at radius 1 is 0.925 bits per heavy atom. The molecule has 0 saturated heterocycles. The van der Waals surface area contributed by atoms with E-state index in [4.69, 9.17) is 4.74 Å². The highest BCUT2D eigenvalue weighted by molar-refractivity contribution is 5.74. The van der Waals surface area contributed by atoms with Crippen molar-refractivity contribution in [2.45, 2.75) is 112 Å². The van der Waals surface area contributed by atoms with Crippen molar-refractivity contribution in [2.75, 3.05) is 27.7 Å². The number of carbonyl (C=O) groups excluding carboxylic acids is 2. The van der Waals surface area contributed by atoms with Crippen LogP contribution in [-0.4, -0.2) is 50.2 Å². The highest BCUT2D eigenvalue weighted by atomic mass is 16.5. The number of carboxylic acid groups (broad SMARTS) is 1. The molecule has 4 saturated carbocycles. The minimum Gasteiger partial charge on any atom is -0.550 e. The van der Waals surface area contributed by atoms with Crippen LogP contribution in [0.1, 0.15) is 106 Å². The van der Waals surface area contributed by atoms with Gasteiger partial charge in [-0.05, 0) is 104 Å². The molecule has 5 nitrogen and oxygen atoms in total. The predicted molar refractivity (Wildman–Crippen MR) is 157 cm³/mol. The molecule has 40 heavy (non-hydrogen) atoms. The number of carbonyl (C=O) groups is 2. The Hall–Kier alpha value is -1.36. The summed E-state index contributed by atoms with van der Waals surface area (Å²) < 4.78 is 6.81. The number of carboxylic acids is 1. The number of rotatable bonds is 4. The topological polar surface area (TPSA) is 66.4 Å². The van der Waals surface area contributed by atoms with E-state index < -0.39 is 11.4 Å². The quantitative estimate of drug-likeness (QED) is 0.242. The standard InChI is InChI=1S/C35H57NO4/c1-22-13-18-35(30(38)39)20-19-33(6)24(29(35)23(22)2)11-12-26-32(5)16-15-27(40-28(37)21-36(8,9)10)31(3,4)25(32)14-17-34(26,33)7/h11,22-23,25-27,29H,12-21H2,1-10H3/t22-,23+,25+,26-,27+,29?,32+,33-,34-,35+/m1/s1. The van der Waals surface area contributed by atoms with E-state index in [1.54, 1.807) is 0 Å². The Morgan fingerprint density at radius 3 is 2.23 bits per heavy atom. The fourth-order valence-electron chi connectivity index (χ4n) is 11.6. The van der Waals surface area contributed by atoms with E-state index in [-0.39, 0.29) is 39.7 Å². The van der Waals surface area contributed by atoms with E-state index in [2.05, 4.69) is 54.5 Å². The van der Waals surface area contributed by atoms with Gasteiger partial charge in [0.1, 0.15) is 6.10 Å². The van der Waals surface area contributed by atoms with Crippen LogP contribution in [-0.2, 0) is 14.3 Å². The zero-order valence-corrected chi connectivity index (χ0v) is 27.2. The molecule has 1 unspecified atom stereocenters. The molecule has 4 fully saturated rings. The van der Waals surface area contributed by atoms with Gasteiger partial charge < -0.3 is 19.1 Å². The summed E-state index contributed by atoms with van der Waals surface area (Å²) >= 11 is 0. The Morgan fingerprint density at radius 2 is 1.60 bits per heavy atom. The zero-order valence-electron chi connectivity index (χ0n) is 27.2. The number of esters is 1. The van der Waals surface area contributed by atoms with Gasteiger partial charge >= 0.3 is 5.97 Å². The maximum Gasteiger partial charge on any atom is 0.362 e. The van der Waals surface area contributed by atoms with E-state index in [1.165, 1.54) is 5.57 Å². The van der Waals surface area contributed by atoms with E-state index in [9.17, 15) is 14.7 Å². The van der Waals surface area contributed by atoms with Gasteiger partial charge in [0.05, 0.1) is 21.1 Å². The van der Waals surface area contributed by atoms with Crippen LogP contribution in [0.25, 0.3) is 0 Å². The molecule has 0 aliphatic heterocycles. The first-order valence-electron chi connectivity index (χ1n) is 16.3. The molecule has 0 amide bonds. The lowest BCUT2D eigenvalue weighted by atomic mass is 9.33. The molecule has 0 bridgehead atoms. The van der Waals surface area contributed by atoms with Gasteiger partial charge in [0, 0.05) is 16.8 Å². The van der Waals surface area contributed by atoms with E-state index in [1.807, 2.05) is 21.1 Å². The van der Waals surface area contributed by atoms with Crippen molar-refractivity contribution < 1.29 is 23.9 Å². The van der Waals surface area contributed by atoms with Crippen LogP contribution in [0, 0.1) is 56.7 Å². The summed E-state index contributed by atoms with van der Waals surface area (Å²) in [6.45, 7) is 17.4. The van der Waals surface area contributed by atoms with Crippen molar-refractivity contribution >= 4 is 11.9 Å². The first kappa shape index (κ1) is 30.1. The zero-order chi connectivity index (χ0) is 29.7. The number of aliphatic carboxylic acids is 1. The highest BCUT2D eigenvalue weighted by Crippen LogP contribution is 2.75. The lowest BCUT2D eigenvalue weighted by Gasteiger charge is -2.71. The molecule has 10 atom stereocenters. The minimum atomic E-state index is -0.804. The maximum absolute atomic E-state index is 12.9. The predicted octanol–water partition coefficient (Wildman–Crippen LogP) is 6.01. The lowest BCUT2D eigenvalue weighted by molar-refractivity contribution is -0.862. The number of allylic oxidation sites excluding steroid dienone is 2. The average molecular weight is 556 g/mol. The normalized spacial score (nSPS) is 48.0. The lowest BCUT2D eigenvalue weighted by Crippen LogP contribution is -2.66. The molecular weight excluding hydrogens is 498 g/mol. The molecule has 0 aromatic carbocycles. The molecule has 0 radical (unpaired) electrons. The van der Waals surface area contributed by atoms with Crippen LogP contribution < -0.4 is 5.11 Å². The molecular formula is C35H57NO4. The molecule has 0 aromatic heterocycles. The van der Waals surface area contributed by atoms with Gasteiger partial charge in [-0.3, -0.25) is 0 Å². The van der Waals surface area contributed by atoms with Gasteiger partial charge in [-0.15, -0.1) is 0 Å². The van der Waals surface area contributed by atoms with E-state index in [0.717, 1.165) is 57.8 Å². The molecule has 5 aliphatic carbocycles. The third-order valence-electron chi connectivity index (χ3n) is 14.2. The van der Waals surface area contributed by atoms with Crippen molar-refractivity contribution in [1.29, 1.82) is 0 Å². The smallest absolute Gasteiger partial charge is 0.362 e.